The van der Waals surface area contributed by atoms with Crippen LogP contribution in [0.4, 0.5) is 5.95 Å². The van der Waals surface area contributed by atoms with Crippen molar-refractivity contribution >= 4 is 29.4 Å². The Hall–Kier alpha value is -3.36. The van der Waals surface area contributed by atoms with Gasteiger partial charge in [-0.25, -0.2) is 4.98 Å². The van der Waals surface area contributed by atoms with Gasteiger partial charge in [0.25, 0.3) is 0 Å². The summed E-state index contributed by atoms with van der Waals surface area (Å²) < 4.78 is 7.11. The molecule has 1 aliphatic rings. The minimum absolute atomic E-state index is 0.00718. The number of nitrogens with zero attached hydrogens (tertiary/aromatic N) is 4. The van der Waals surface area contributed by atoms with Crippen molar-refractivity contribution in [1.82, 2.24) is 19.4 Å². The normalized spacial score (nSPS) is 13.6. The number of benzene rings is 2. The number of amides is 2. The van der Waals surface area contributed by atoms with Crippen LogP contribution < -0.4 is 10.1 Å². The van der Waals surface area contributed by atoms with Crippen LogP contribution in [0, 0.1) is 5.92 Å². The molecule has 3 aromatic rings. The number of imidazole rings is 1. The lowest BCUT2D eigenvalue weighted by Crippen LogP contribution is -2.44. The van der Waals surface area contributed by atoms with Crippen molar-refractivity contribution in [2.45, 2.75) is 25.7 Å². The molecule has 0 bridgehead atoms. The van der Waals surface area contributed by atoms with Crippen LogP contribution in [0.5, 0.6) is 5.75 Å². The highest BCUT2D eigenvalue weighted by Gasteiger charge is 2.28. The molecule has 0 aliphatic heterocycles. The number of rotatable bonds is 10. The van der Waals surface area contributed by atoms with Crippen molar-refractivity contribution in [3.8, 4) is 22.7 Å². The van der Waals surface area contributed by atoms with Crippen molar-refractivity contribution in [2.24, 2.45) is 5.92 Å². The zero-order chi connectivity index (χ0) is 26.4. The van der Waals surface area contributed by atoms with E-state index in [1.54, 1.807) is 24.1 Å². The third-order valence-electron chi connectivity index (χ3n) is 6.62. The van der Waals surface area contributed by atoms with Gasteiger partial charge in [-0.2, -0.15) is 0 Å². The second-order valence-electron chi connectivity index (χ2n) is 9.62. The van der Waals surface area contributed by atoms with Gasteiger partial charge >= 0.3 is 0 Å². The van der Waals surface area contributed by atoms with E-state index in [1.165, 1.54) is 0 Å². The molecule has 1 fully saturated rings. The lowest BCUT2D eigenvalue weighted by atomic mass is 10.1. The number of aromatic nitrogens is 2. The Kier molecular flexibility index (Phi) is 8.84. The fourth-order valence-corrected chi connectivity index (χ4v) is 4.65. The van der Waals surface area contributed by atoms with Crippen LogP contribution >= 0.6 is 11.6 Å². The van der Waals surface area contributed by atoms with Gasteiger partial charge in [-0.05, 0) is 63.3 Å². The number of likely N-dealkylation sites (N-methyl/N-ethyl adjacent to an activating group) is 1. The van der Waals surface area contributed by atoms with Gasteiger partial charge in [-0.3, -0.25) is 19.5 Å². The van der Waals surface area contributed by atoms with Crippen LogP contribution in [0.15, 0.2) is 54.7 Å². The van der Waals surface area contributed by atoms with E-state index in [4.69, 9.17) is 21.3 Å². The summed E-state index contributed by atoms with van der Waals surface area (Å²) >= 11 is 6.07. The number of ether oxygens (including phenoxy) is 1. The highest BCUT2D eigenvalue weighted by atomic mass is 35.5. The summed E-state index contributed by atoms with van der Waals surface area (Å²) in [6, 6.07) is 14.9. The number of nitrogens with one attached hydrogen (secondary N) is 1. The first kappa shape index (κ1) is 26.7. The van der Waals surface area contributed by atoms with Crippen molar-refractivity contribution in [2.75, 3.05) is 46.2 Å². The van der Waals surface area contributed by atoms with Gasteiger partial charge < -0.3 is 14.5 Å². The molecule has 37 heavy (non-hydrogen) atoms. The summed E-state index contributed by atoms with van der Waals surface area (Å²) in [6.45, 7) is 1.17. The summed E-state index contributed by atoms with van der Waals surface area (Å²) in [7, 11) is 5.54. The molecule has 4 rings (SSSR count). The average molecular weight is 524 g/mol. The minimum Gasteiger partial charge on any atom is -0.497 e. The Bertz CT molecular complexity index is 1200. The number of methoxy groups -OCH3 is 1. The summed E-state index contributed by atoms with van der Waals surface area (Å²) in [5.74, 6) is 0.894. The van der Waals surface area contributed by atoms with Gasteiger partial charge in [-0.1, -0.05) is 36.6 Å². The number of carbonyl (C=O) groups excluding carboxylic acids is 2. The van der Waals surface area contributed by atoms with Crippen LogP contribution in [0.1, 0.15) is 25.7 Å². The van der Waals surface area contributed by atoms with Crippen LogP contribution in [0.25, 0.3) is 16.9 Å². The molecule has 0 unspecified atom stereocenters. The molecule has 8 nitrogen and oxygen atoms in total. The van der Waals surface area contributed by atoms with E-state index in [2.05, 4.69) is 5.32 Å². The molecule has 2 amide bonds. The average Bonchev–Trinajstić information content (AvgIpc) is 3.57. The minimum atomic E-state index is -0.284. The molecular formula is C28H34ClN5O3. The molecule has 0 atom stereocenters. The van der Waals surface area contributed by atoms with Crippen molar-refractivity contribution in [1.29, 1.82) is 0 Å². The SMILES string of the molecule is COc1ccc(-n2cc(-c3ccc(Cl)cc3)nc2NC(=O)CN(CCN(C)C)C(=O)C2CCCC2)cc1. The van der Waals surface area contributed by atoms with Gasteiger partial charge in [0.15, 0.2) is 0 Å². The van der Waals surface area contributed by atoms with Crippen LogP contribution in [-0.2, 0) is 9.59 Å². The number of hydrogen-bond donors (Lipinski definition) is 1. The van der Waals surface area contributed by atoms with Gasteiger partial charge in [0.1, 0.15) is 5.75 Å². The summed E-state index contributed by atoms with van der Waals surface area (Å²) in [4.78, 5) is 34.9. The molecule has 1 aliphatic carbocycles. The summed E-state index contributed by atoms with van der Waals surface area (Å²) in [5, 5.41) is 3.59. The molecule has 0 radical (unpaired) electrons. The Morgan fingerprint density at radius 2 is 1.73 bits per heavy atom. The Morgan fingerprint density at radius 1 is 1.05 bits per heavy atom. The zero-order valence-electron chi connectivity index (χ0n) is 21.6. The number of anilines is 1. The zero-order valence-corrected chi connectivity index (χ0v) is 22.4. The summed E-state index contributed by atoms with van der Waals surface area (Å²) in [6.07, 6.45) is 5.79. The van der Waals surface area contributed by atoms with E-state index in [1.807, 2.05) is 66.2 Å². The Morgan fingerprint density at radius 3 is 2.35 bits per heavy atom. The first-order valence-corrected chi connectivity index (χ1v) is 12.9. The maximum absolute atomic E-state index is 13.3. The largest absolute Gasteiger partial charge is 0.497 e. The second kappa shape index (κ2) is 12.3. The molecule has 0 saturated heterocycles. The van der Waals surface area contributed by atoms with Crippen molar-refractivity contribution < 1.29 is 14.3 Å². The third-order valence-corrected chi connectivity index (χ3v) is 6.87. The number of carbonyl (C=O) groups is 2. The fraction of sp³-hybridized carbons (Fsp3) is 0.393. The van der Waals surface area contributed by atoms with E-state index in [0.29, 0.717) is 29.8 Å². The van der Waals surface area contributed by atoms with Crippen molar-refractivity contribution in [3.63, 3.8) is 0 Å². The molecule has 1 heterocycles. The second-order valence-corrected chi connectivity index (χ2v) is 10.1. The molecular weight excluding hydrogens is 490 g/mol. The first-order valence-electron chi connectivity index (χ1n) is 12.6. The molecule has 196 valence electrons. The summed E-state index contributed by atoms with van der Waals surface area (Å²) in [5.41, 5.74) is 2.38. The highest BCUT2D eigenvalue weighted by Crippen LogP contribution is 2.28. The van der Waals surface area contributed by atoms with E-state index in [0.717, 1.165) is 42.7 Å². The van der Waals surface area contributed by atoms with Gasteiger partial charge in [-0.15, -0.1) is 0 Å². The maximum Gasteiger partial charge on any atom is 0.246 e. The van der Waals surface area contributed by atoms with Gasteiger partial charge in [0, 0.05) is 41.5 Å². The lowest BCUT2D eigenvalue weighted by Gasteiger charge is -2.26. The predicted octanol–water partition coefficient (Wildman–Crippen LogP) is 4.72. The quantitative estimate of drug-likeness (QED) is 0.416. The van der Waals surface area contributed by atoms with Gasteiger partial charge in [0.05, 0.1) is 19.3 Å². The third kappa shape index (κ3) is 6.90. The van der Waals surface area contributed by atoms with E-state index in [9.17, 15) is 9.59 Å². The van der Waals surface area contributed by atoms with E-state index >= 15 is 0 Å². The van der Waals surface area contributed by atoms with Crippen molar-refractivity contribution in [3.05, 3.63) is 59.8 Å². The molecule has 1 aromatic heterocycles. The number of halogens is 1. The first-order chi connectivity index (χ1) is 17.8. The smallest absolute Gasteiger partial charge is 0.246 e. The van der Waals surface area contributed by atoms with Crippen LogP contribution in [0.2, 0.25) is 5.02 Å². The highest BCUT2D eigenvalue weighted by molar-refractivity contribution is 6.30. The lowest BCUT2D eigenvalue weighted by molar-refractivity contribution is -0.138. The van der Waals surface area contributed by atoms with Crippen LogP contribution in [0.3, 0.4) is 0 Å². The Labute approximate surface area is 223 Å². The standard InChI is InChI=1S/C28H34ClN5O3/c1-32(2)16-17-33(27(36)21-6-4-5-7-21)19-26(35)31-28-30-25(20-8-10-22(29)11-9-20)18-34(28)23-12-14-24(37-3)15-13-23/h8-15,18,21H,4-7,16-17,19H2,1-3H3,(H,30,31,35). The topological polar surface area (TPSA) is 79.7 Å². The fourth-order valence-electron chi connectivity index (χ4n) is 4.52. The van der Waals surface area contributed by atoms with Gasteiger partial charge in [0.2, 0.25) is 17.8 Å². The van der Waals surface area contributed by atoms with Crippen LogP contribution in [-0.4, -0.2) is 72.0 Å². The molecule has 1 N–H and O–H groups in total. The molecule has 2 aromatic carbocycles. The monoisotopic (exact) mass is 523 g/mol. The maximum atomic E-state index is 13.3. The molecule has 0 spiro atoms. The van der Waals surface area contributed by atoms with E-state index < -0.39 is 0 Å². The molecule has 9 heteroatoms. The Balaban J connectivity index is 1.58. The molecule has 1 saturated carbocycles. The van der Waals surface area contributed by atoms with E-state index in [-0.39, 0.29) is 24.3 Å². The predicted molar refractivity (Wildman–Crippen MR) is 146 cm³/mol. The number of hydrogen-bond acceptors (Lipinski definition) is 5.